The van der Waals surface area contributed by atoms with Gasteiger partial charge < -0.3 is 10.2 Å². The van der Waals surface area contributed by atoms with Gasteiger partial charge in [-0.1, -0.05) is 36.4 Å². The lowest BCUT2D eigenvalue weighted by Gasteiger charge is -2.30. The van der Waals surface area contributed by atoms with Crippen LogP contribution in [-0.2, 0) is 26.2 Å². The fraction of sp³-hybridized carbons (Fsp3) is 0.440. The van der Waals surface area contributed by atoms with E-state index in [2.05, 4.69) is 5.32 Å². The number of rotatable bonds is 11. The van der Waals surface area contributed by atoms with Gasteiger partial charge in [0, 0.05) is 31.1 Å². The van der Waals surface area contributed by atoms with Crippen LogP contribution in [0.4, 0.5) is 10.1 Å². The minimum absolute atomic E-state index is 0.00561. The van der Waals surface area contributed by atoms with Crippen LogP contribution in [0.3, 0.4) is 0 Å². The van der Waals surface area contributed by atoms with Crippen LogP contribution >= 0.6 is 0 Å². The lowest BCUT2D eigenvalue weighted by Crippen LogP contribution is -2.49. The SMILES string of the molecule is Cc1ccccc1N(CCCC(=O)N(Cc1ccccc1F)C(C)C(=O)NC(C)C)S(C)(=O)=O. The zero-order valence-electron chi connectivity index (χ0n) is 20.4. The minimum Gasteiger partial charge on any atom is -0.352 e. The molecule has 0 saturated heterocycles. The molecule has 0 aromatic heterocycles. The smallest absolute Gasteiger partial charge is 0.242 e. The first-order valence-corrected chi connectivity index (χ1v) is 13.1. The Morgan fingerprint density at radius 2 is 1.65 bits per heavy atom. The highest BCUT2D eigenvalue weighted by Crippen LogP contribution is 2.23. The highest BCUT2D eigenvalue weighted by atomic mass is 32.2. The average molecular weight is 492 g/mol. The van der Waals surface area contributed by atoms with Crippen LogP contribution < -0.4 is 9.62 Å². The van der Waals surface area contributed by atoms with Crippen LogP contribution in [0.1, 0.15) is 44.7 Å². The van der Waals surface area contributed by atoms with E-state index in [9.17, 15) is 22.4 Å². The summed E-state index contributed by atoms with van der Waals surface area (Å²) in [5, 5.41) is 2.79. The van der Waals surface area contributed by atoms with Crippen LogP contribution in [0.5, 0.6) is 0 Å². The zero-order chi connectivity index (χ0) is 25.5. The molecule has 0 bridgehead atoms. The van der Waals surface area contributed by atoms with Gasteiger partial charge in [-0.3, -0.25) is 13.9 Å². The second-order valence-corrected chi connectivity index (χ2v) is 10.6. The summed E-state index contributed by atoms with van der Waals surface area (Å²) < 4.78 is 40.4. The number of hydrogen-bond donors (Lipinski definition) is 1. The molecule has 0 heterocycles. The number of halogens is 1. The normalized spacial score (nSPS) is 12.3. The molecule has 0 aliphatic heterocycles. The Balaban J connectivity index is 2.19. The molecular weight excluding hydrogens is 457 g/mol. The molecule has 0 radical (unpaired) electrons. The number of anilines is 1. The van der Waals surface area contributed by atoms with Crippen LogP contribution in [0.15, 0.2) is 48.5 Å². The lowest BCUT2D eigenvalue weighted by molar-refractivity contribution is -0.140. The number of aryl methyl sites for hydroxylation is 1. The molecule has 0 fully saturated rings. The van der Waals surface area contributed by atoms with Crippen molar-refractivity contribution in [3.8, 4) is 0 Å². The van der Waals surface area contributed by atoms with Gasteiger partial charge in [-0.25, -0.2) is 12.8 Å². The molecule has 9 heteroatoms. The van der Waals surface area contributed by atoms with Gasteiger partial charge in [0.15, 0.2) is 0 Å². The molecule has 0 aliphatic rings. The first-order chi connectivity index (χ1) is 15.9. The molecule has 1 atom stereocenters. The summed E-state index contributed by atoms with van der Waals surface area (Å²) in [7, 11) is -3.56. The van der Waals surface area contributed by atoms with Crippen LogP contribution in [0.2, 0.25) is 0 Å². The Labute approximate surface area is 202 Å². The summed E-state index contributed by atoms with van der Waals surface area (Å²) in [6.07, 6.45) is 1.38. The highest BCUT2D eigenvalue weighted by Gasteiger charge is 2.27. The predicted molar refractivity (Wildman–Crippen MR) is 132 cm³/mol. The van der Waals surface area contributed by atoms with E-state index in [1.807, 2.05) is 32.9 Å². The van der Waals surface area contributed by atoms with Crippen LogP contribution in [0, 0.1) is 12.7 Å². The average Bonchev–Trinajstić information content (AvgIpc) is 2.75. The molecule has 2 aromatic rings. The number of nitrogens with zero attached hydrogens (tertiary/aromatic N) is 2. The Morgan fingerprint density at radius 3 is 2.24 bits per heavy atom. The van der Waals surface area contributed by atoms with E-state index in [1.54, 1.807) is 37.3 Å². The van der Waals surface area contributed by atoms with Crippen molar-refractivity contribution in [2.24, 2.45) is 0 Å². The number of hydrogen-bond acceptors (Lipinski definition) is 4. The molecule has 2 amide bonds. The Morgan fingerprint density at radius 1 is 1.03 bits per heavy atom. The maximum absolute atomic E-state index is 14.3. The third-order valence-corrected chi connectivity index (χ3v) is 6.61. The number of sulfonamides is 1. The quantitative estimate of drug-likeness (QED) is 0.520. The van der Waals surface area contributed by atoms with Crippen molar-refractivity contribution in [1.29, 1.82) is 0 Å². The van der Waals surface area contributed by atoms with Gasteiger partial charge in [0.05, 0.1) is 11.9 Å². The molecule has 186 valence electrons. The van der Waals surface area contributed by atoms with Crippen LogP contribution in [0.25, 0.3) is 0 Å². The van der Waals surface area contributed by atoms with Crippen molar-refractivity contribution in [3.05, 3.63) is 65.5 Å². The van der Waals surface area contributed by atoms with E-state index < -0.39 is 21.9 Å². The summed E-state index contributed by atoms with van der Waals surface area (Å²) in [5.41, 5.74) is 1.67. The highest BCUT2D eigenvalue weighted by molar-refractivity contribution is 7.92. The molecule has 1 N–H and O–H groups in total. The molecule has 34 heavy (non-hydrogen) atoms. The van der Waals surface area contributed by atoms with E-state index in [0.29, 0.717) is 11.3 Å². The fourth-order valence-electron chi connectivity index (χ4n) is 3.62. The van der Waals surface area contributed by atoms with Crippen molar-refractivity contribution in [2.75, 3.05) is 17.1 Å². The largest absolute Gasteiger partial charge is 0.352 e. The molecule has 7 nitrogen and oxygen atoms in total. The van der Waals surface area contributed by atoms with Crippen molar-refractivity contribution < 1.29 is 22.4 Å². The maximum atomic E-state index is 14.3. The van der Waals surface area contributed by atoms with Gasteiger partial charge in [-0.2, -0.15) is 0 Å². The summed E-state index contributed by atoms with van der Waals surface area (Å²) in [4.78, 5) is 27.1. The second-order valence-electron chi connectivity index (χ2n) is 8.68. The Hall–Kier alpha value is -2.94. The standard InChI is InChI=1S/C25H34FN3O4S/c1-18(2)27-25(31)20(4)28(17-21-12-7-8-13-22(21)26)24(30)15-10-16-29(34(5,32)33)23-14-9-6-11-19(23)3/h6-9,11-14,18,20H,10,15-17H2,1-5H3,(H,27,31). The van der Waals surface area contributed by atoms with E-state index in [0.717, 1.165) is 11.8 Å². The summed E-state index contributed by atoms with van der Waals surface area (Å²) in [6.45, 7) is 7.11. The van der Waals surface area contributed by atoms with Gasteiger partial charge in [0.2, 0.25) is 21.8 Å². The first-order valence-electron chi connectivity index (χ1n) is 11.3. The Bertz CT molecular complexity index is 1100. The minimum atomic E-state index is -3.56. The van der Waals surface area contributed by atoms with E-state index in [4.69, 9.17) is 0 Å². The topological polar surface area (TPSA) is 86.8 Å². The van der Waals surface area contributed by atoms with Crippen molar-refractivity contribution in [2.45, 2.75) is 59.2 Å². The van der Waals surface area contributed by atoms with E-state index >= 15 is 0 Å². The van der Waals surface area contributed by atoms with E-state index in [-0.39, 0.29) is 43.8 Å². The third-order valence-electron chi connectivity index (χ3n) is 5.43. The number of para-hydroxylation sites is 1. The number of carbonyl (C=O) groups excluding carboxylic acids is 2. The van der Waals surface area contributed by atoms with Gasteiger partial charge >= 0.3 is 0 Å². The first kappa shape index (κ1) is 27.3. The van der Waals surface area contributed by atoms with Crippen molar-refractivity contribution >= 4 is 27.5 Å². The van der Waals surface area contributed by atoms with E-state index in [1.165, 1.54) is 15.3 Å². The Kier molecular flexibility index (Phi) is 9.61. The molecule has 2 rings (SSSR count). The molecule has 0 aliphatic carbocycles. The third kappa shape index (κ3) is 7.55. The summed E-state index contributed by atoms with van der Waals surface area (Å²) in [5.74, 6) is -1.15. The summed E-state index contributed by atoms with van der Waals surface area (Å²) in [6, 6.07) is 12.3. The molecule has 2 aromatic carbocycles. The zero-order valence-corrected chi connectivity index (χ0v) is 21.2. The number of benzene rings is 2. The number of amides is 2. The lowest BCUT2D eigenvalue weighted by atomic mass is 10.1. The monoisotopic (exact) mass is 491 g/mol. The van der Waals surface area contributed by atoms with Crippen molar-refractivity contribution in [1.82, 2.24) is 10.2 Å². The predicted octanol–water partition coefficient (Wildman–Crippen LogP) is 3.62. The summed E-state index contributed by atoms with van der Waals surface area (Å²) >= 11 is 0. The fourth-order valence-corrected chi connectivity index (χ4v) is 4.65. The number of nitrogens with one attached hydrogen (secondary N) is 1. The van der Waals surface area contributed by atoms with Gasteiger partial charge in [0.1, 0.15) is 11.9 Å². The number of carbonyl (C=O) groups is 2. The molecule has 1 unspecified atom stereocenters. The molecular formula is C25H34FN3O4S. The maximum Gasteiger partial charge on any atom is 0.242 e. The second kappa shape index (κ2) is 12.0. The van der Waals surface area contributed by atoms with Crippen molar-refractivity contribution in [3.63, 3.8) is 0 Å². The van der Waals surface area contributed by atoms with Gasteiger partial charge in [-0.15, -0.1) is 0 Å². The molecule has 0 spiro atoms. The van der Waals surface area contributed by atoms with Gasteiger partial charge in [0.25, 0.3) is 0 Å². The molecule has 0 saturated carbocycles. The van der Waals surface area contributed by atoms with Gasteiger partial charge in [-0.05, 0) is 51.8 Å². The van der Waals surface area contributed by atoms with Crippen LogP contribution in [-0.4, -0.2) is 50.0 Å².